The van der Waals surface area contributed by atoms with E-state index in [-0.39, 0.29) is 11.9 Å². The molecule has 0 aliphatic carbocycles. The van der Waals surface area contributed by atoms with Crippen molar-refractivity contribution in [2.24, 2.45) is 7.05 Å². The van der Waals surface area contributed by atoms with Gasteiger partial charge in [0, 0.05) is 18.6 Å². The predicted molar refractivity (Wildman–Crippen MR) is 74.9 cm³/mol. The third-order valence-corrected chi connectivity index (χ3v) is 3.36. The lowest BCUT2D eigenvalue weighted by atomic mass is 10.1. The van der Waals surface area contributed by atoms with Crippen LogP contribution in [0.5, 0.6) is 0 Å². The second-order valence-electron chi connectivity index (χ2n) is 4.68. The highest BCUT2D eigenvalue weighted by molar-refractivity contribution is 5.78. The molecule has 0 aliphatic rings. The minimum atomic E-state index is -0.339. The summed E-state index contributed by atoms with van der Waals surface area (Å²) >= 11 is 0. The summed E-state index contributed by atoms with van der Waals surface area (Å²) in [6, 6.07) is 8.60. The molecule has 0 bridgehead atoms. The number of fused-ring (bicyclic) bond motifs is 1. The summed E-state index contributed by atoms with van der Waals surface area (Å²) in [6.45, 7) is 2.79. The Morgan fingerprint density at radius 1 is 1.40 bits per heavy atom. The fraction of sp³-hybridized carbons (Fsp3) is 0.267. The number of halogens is 1. The summed E-state index contributed by atoms with van der Waals surface area (Å²) in [7, 11) is 1.88. The van der Waals surface area contributed by atoms with E-state index in [0.717, 1.165) is 17.6 Å². The molecule has 2 heterocycles. The lowest BCUT2D eigenvalue weighted by Gasteiger charge is -2.15. The summed E-state index contributed by atoms with van der Waals surface area (Å²) in [6.07, 6.45) is 1.74. The average Bonchev–Trinajstić information content (AvgIpc) is 3.03. The maximum Gasteiger partial charge on any atom is 0.169 e. The standard InChI is InChI=1S/C15H16FN3O/c1-3-17-14(12-7-8-18-19(12)2)13-9-10-5-4-6-11(16)15(10)20-13/h4-9,14,17H,3H2,1-2H3. The number of nitrogens with one attached hydrogen (secondary N) is 1. The summed E-state index contributed by atoms with van der Waals surface area (Å²) in [4.78, 5) is 0. The van der Waals surface area contributed by atoms with Gasteiger partial charge < -0.3 is 9.73 Å². The minimum absolute atomic E-state index is 0.140. The molecule has 0 radical (unpaired) electrons. The van der Waals surface area contributed by atoms with Crippen molar-refractivity contribution in [1.29, 1.82) is 0 Å². The second kappa shape index (κ2) is 5.09. The number of aryl methyl sites for hydroxylation is 1. The largest absolute Gasteiger partial charge is 0.456 e. The van der Waals surface area contributed by atoms with Crippen molar-refractivity contribution in [3.63, 3.8) is 0 Å². The zero-order valence-electron chi connectivity index (χ0n) is 11.4. The quantitative estimate of drug-likeness (QED) is 0.794. The van der Waals surface area contributed by atoms with Crippen LogP contribution in [0.2, 0.25) is 0 Å². The van der Waals surface area contributed by atoms with Gasteiger partial charge in [-0.25, -0.2) is 4.39 Å². The van der Waals surface area contributed by atoms with Crippen LogP contribution in [0.1, 0.15) is 24.4 Å². The number of hydrogen-bond acceptors (Lipinski definition) is 3. The fourth-order valence-electron chi connectivity index (χ4n) is 2.41. The van der Waals surface area contributed by atoms with Gasteiger partial charge in [-0.1, -0.05) is 19.1 Å². The molecular formula is C15H16FN3O. The molecule has 5 heteroatoms. The molecule has 2 aromatic heterocycles. The number of hydrogen-bond donors (Lipinski definition) is 1. The van der Waals surface area contributed by atoms with Gasteiger partial charge in [0.25, 0.3) is 0 Å². The van der Waals surface area contributed by atoms with Gasteiger partial charge in [-0.15, -0.1) is 0 Å². The Balaban J connectivity index is 2.10. The van der Waals surface area contributed by atoms with Crippen molar-refractivity contribution in [3.8, 4) is 0 Å². The van der Waals surface area contributed by atoms with E-state index in [1.807, 2.05) is 32.2 Å². The molecule has 104 valence electrons. The summed E-state index contributed by atoms with van der Waals surface area (Å²) in [5.74, 6) is 0.351. The highest BCUT2D eigenvalue weighted by Gasteiger charge is 2.21. The highest BCUT2D eigenvalue weighted by atomic mass is 19.1. The van der Waals surface area contributed by atoms with Gasteiger partial charge in [-0.2, -0.15) is 5.10 Å². The maximum absolute atomic E-state index is 13.7. The third-order valence-electron chi connectivity index (χ3n) is 3.36. The average molecular weight is 273 g/mol. The molecule has 20 heavy (non-hydrogen) atoms. The minimum Gasteiger partial charge on any atom is -0.456 e. The van der Waals surface area contributed by atoms with Crippen LogP contribution >= 0.6 is 0 Å². The molecule has 3 rings (SSSR count). The van der Waals surface area contributed by atoms with Crippen LogP contribution in [-0.4, -0.2) is 16.3 Å². The second-order valence-corrected chi connectivity index (χ2v) is 4.68. The van der Waals surface area contributed by atoms with Gasteiger partial charge in [0.2, 0.25) is 0 Å². The number of para-hydroxylation sites is 1. The fourth-order valence-corrected chi connectivity index (χ4v) is 2.41. The van der Waals surface area contributed by atoms with Gasteiger partial charge in [0.1, 0.15) is 11.8 Å². The van der Waals surface area contributed by atoms with Crippen LogP contribution in [0.3, 0.4) is 0 Å². The van der Waals surface area contributed by atoms with E-state index in [0.29, 0.717) is 11.3 Å². The van der Waals surface area contributed by atoms with Crippen LogP contribution in [0.15, 0.2) is 40.9 Å². The monoisotopic (exact) mass is 273 g/mol. The van der Waals surface area contributed by atoms with Crippen LogP contribution in [-0.2, 0) is 7.05 Å². The van der Waals surface area contributed by atoms with E-state index in [9.17, 15) is 4.39 Å². The Bertz CT molecular complexity index is 732. The van der Waals surface area contributed by atoms with E-state index in [1.165, 1.54) is 6.07 Å². The summed E-state index contributed by atoms with van der Waals surface area (Å²) in [5.41, 5.74) is 1.28. The first-order valence-corrected chi connectivity index (χ1v) is 6.60. The Labute approximate surface area is 116 Å². The van der Waals surface area contributed by atoms with Crippen molar-refractivity contribution < 1.29 is 8.81 Å². The number of rotatable bonds is 4. The number of aromatic nitrogens is 2. The molecule has 3 aromatic rings. The molecular weight excluding hydrogens is 257 g/mol. The summed E-state index contributed by atoms with van der Waals surface area (Å²) < 4.78 is 21.2. The van der Waals surface area contributed by atoms with Crippen LogP contribution in [0.25, 0.3) is 11.0 Å². The lowest BCUT2D eigenvalue weighted by molar-refractivity contribution is 0.449. The van der Waals surface area contributed by atoms with Crippen molar-refractivity contribution in [3.05, 3.63) is 53.8 Å². The lowest BCUT2D eigenvalue weighted by Crippen LogP contribution is -2.23. The third kappa shape index (κ3) is 2.10. The Hall–Kier alpha value is -2.14. The Kier molecular flexibility index (Phi) is 3.28. The molecule has 1 unspecified atom stereocenters. The van der Waals surface area contributed by atoms with Crippen LogP contribution in [0.4, 0.5) is 4.39 Å². The Morgan fingerprint density at radius 2 is 2.25 bits per heavy atom. The molecule has 0 amide bonds. The van der Waals surface area contributed by atoms with E-state index >= 15 is 0 Å². The summed E-state index contributed by atoms with van der Waals surface area (Å²) in [5, 5.41) is 8.29. The topological polar surface area (TPSA) is 43.0 Å². The smallest absolute Gasteiger partial charge is 0.169 e. The van der Waals surface area contributed by atoms with E-state index in [1.54, 1.807) is 16.9 Å². The number of furan rings is 1. The molecule has 0 saturated carbocycles. The SMILES string of the molecule is CCNC(c1cc2cccc(F)c2o1)c1ccnn1C. The Morgan fingerprint density at radius 3 is 2.90 bits per heavy atom. The predicted octanol–water partition coefficient (Wildman–Crippen LogP) is 3.00. The van der Waals surface area contributed by atoms with Gasteiger partial charge >= 0.3 is 0 Å². The number of benzene rings is 1. The first-order valence-electron chi connectivity index (χ1n) is 6.60. The first kappa shape index (κ1) is 12.9. The van der Waals surface area contributed by atoms with Crippen molar-refractivity contribution in [2.45, 2.75) is 13.0 Å². The first-order chi connectivity index (χ1) is 9.70. The maximum atomic E-state index is 13.7. The van der Waals surface area contributed by atoms with Crippen LogP contribution in [0, 0.1) is 5.82 Å². The molecule has 0 aliphatic heterocycles. The number of nitrogens with zero attached hydrogens (tertiary/aromatic N) is 2. The van der Waals surface area contributed by atoms with Gasteiger partial charge in [0.15, 0.2) is 11.4 Å². The zero-order valence-corrected chi connectivity index (χ0v) is 11.4. The van der Waals surface area contributed by atoms with Crippen molar-refractivity contribution >= 4 is 11.0 Å². The molecule has 0 fully saturated rings. The van der Waals surface area contributed by atoms with Gasteiger partial charge in [-0.3, -0.25) is 4.68 Å². The molecule has 1 aromatic carbocycles. The zero-order chi connectivity index (χ0) is 14.1. The van der Waals surface area contributed by atoms with E-state index in [4.69, 9.17) is 4.42 Å². The van der Waals surface area contributed by atoms with Gasteiger partial charge in [0.05, 0.1) is 5.69 Å². The molecule has 0 saturated heterocycles. The normalized spacial score (nSPS) is 12.9. The molecule has 1 N–H and O–H groups in total. The molecule has 1 atom stereocenters. The molecule has 0 spiro atoms. The van der Waals surface area contributed by atoms with Gasteiger partial charge in [-0.05, 0) is 24.7 Å². The molecule has 4 nitrogen and oxygen atoms in total. The van der Waals surface area contributed by atoms with E-state index in [2.05, 4.69) is 10.4 Å². The van der Waals surface area contributed by atoms with Crippen LogP contribution < -0.4 is 5.32 Å². The highest BCUT2D eigenvalue weighted by Crippen LogP contribution is 2.29. The van der Waals surface area contributed by atoms with E-state index < -0.39 is 0 Å². The van der Waals surface area contributed by atoms with Crippen molar-refractivity contribution in [1.82, 2.24) is 15.1 Å². The van der Waals surface area contributed by atoms with Crippen molar-refractivity contribution in [2.75, 3.05) is 6.54 Å².